The van der Waals surface area contributed by atoms with Gasteiger partial charge in [0.15, 0.2) is 5.72 Å². The first-order valence-electron chi connectivity index (χ1n) is 11.3. The summed E-state index contributed by atoms with van der Waals surface area (Å²) in [6.07, 6.45) is 0.585. The molecular formula is C26H31Cl2FN2O3. The van der Waals surface area contributed by atoms with E-state index < -0.39 is 41.1 Å². The first kappa shape index (κ1) is 25.2. The quantitative estimate of drug-likeness (QED) is 0.523. The molecule has 0 radical (unpaired) electrons. The van der Waals surface area contributed by atoms with Gasteiger partial charge >= 0.3 is 5.97 Å². The van der Waals surface area contributed by atoms with Crippen LogP contribution in [0.3, 0.4) is 0 Å². The molecule has 0 aliphatic carbocycles. The maximum atomic E-state index is 15.6. The molecule has 184 valence electrons. The van der Waals surface area contributed by atoms with Gasteiger partial charge in [0.25, 0.3) is 0 Å². The van der Waals surface area contributed by atoms with Crippen LogP contribution in [-0.2, 0) is 15.1 Å². The van der Waals surface area contributed by atoms with Gasteiger partial charge in [-0.25, -0.2) is 9.29 Å². The van der Waals surface area contributed by atoms with Gasteiger partial charge in [-0.05, 0) is 56.0 Å². The lowest BCUT2D eigenvalue weighted by atomic mass is 9.68. The van der Waals surface area contributed by atoms with Crippen molar-refractivity contribution in [3.05, 3.63) is 63.4 Å². The number of benzene rings is 2. The van der Waals surface area contributed by atoms with Crippen molar-refractivity contribution in [2.24, 2.45) is 11.1 Å². The molecule has 0 aromatic heterocycles. The third-order valence-corrected chi connectivity index (χ3v) is 7.43. The first-order chi connectivity index (χ1) is 15.7. The van der Waals surface area contributed by atoms with Crippen molar-refractivity contribution < 1.29 is 18.7 Å². The van der Waals surface area contributed by atoms with Gasteiger partial charge < -0.3 is 15.2 Å². The second-order valence-electron chi connectivity index (χ2n) is 10.9. The van der Waals surface area contributed by atoms with E-state index in [4.69, 9.17) is 38.4 Å². The Bertz CT molecular complexity index is 1130. The highest BCUT2D eigenvalue weighted by atomic mass is 35.5. The van der Waals surface area contributed by atoms with Crippen molar-refractivity contribution in [1.82, 2.24) is 4.90 Å². The number of rotatable bonds is 4. The molecule has 0 amide bonds. The Hall–Kier alpha value is -1.86. The van der Waals surface area contributed by atoms with Gasteiger partial charge in [-0.1, -0.05) is 50.0 Å². The summed E-state index contributed by atoms with van der Waals surface area (Å²) >= 11 is 12.5. The van der Waals surface area contributed by atoms with Crippen LogP contribution in [0.1, 0.15) is 58.1 Å². The Balaban J connectivity index is 2.08. The van der Waals surface area contributed by atoms with Crippen molar-refractivity contribution >= 4 is 29.2 Å². The number of esters is 1. The third kappa shape index (κ3) is 3.98. The number of halogens is 3. The van der Waals surface area contributed by atoms with Crippen LogP contribution in [0.25, 0.3) is 0 Å². The predicted molar refractivity (Wildman–Crippen MR) is 132 cm³/mol. The van der Waals surface area contributed by atoms with Crippen LogP contribution in [0.5, 0.6) is 5.75 Å². The topological polar surface area (TPSA) is 64.8 Å². The average Bonchev–Trinajstić information content (AvgIpc) is 3.09. The van der Waals surface area contributed by atoms with E-state index in [-0.39, 0.29) is 16.0 Å². The molecule has 5 nitrogen and oxygen atoms in total. The molecule has 2 aliphatic rings. The van der Waals surface area contributed by atoms with Gasteiger partial charge in [0, 0.05) is 33.1 Å². The molecule has 2 aliphatic heterocycles. The summed E-state index contributed by atoms with van der Waals surface area (Å²) in [5, 5.41) is 0.735. The van der Waals surface area contributed by atoms with Crippen LogP contribution in [0.15, 0.2) is 36.4 Å². The SMILES string of the molecule is COc1ccc(Cl)cc1[C@H]1[C@@H]2C(=O)OC(C)(C)N2[C@@H](CC(C)(C)C)[C@]1(N)c1ccc(Cl)cc1F. The fourth-order valence-corrected chi connectivity index (χ4v) is 6.12. The number of fused-ring (bicyclic) bond motifs is 1. The fraction of sp³-hybridized carbons (Fsp3) is 0.500. The molecule has 0 spiro atoms. The van der Waals surface area contributed by atoms with Crippen molar-refractivity contribution in [1.29, 1.82) is 0 Å². The van der Waals surface area contributed by atoms with E-state index in [1.165, 1.54) is 6.07 Å². The van der Waals surface area contributed by atoms with Crippen molar-refractivity contribution in [3.63, 3.8) is 0 Å². The third-order valence-electron chi connectivity index (χ3n) is 6.96. The second-order valence-corrected chi connectivity index (χ2v) is 11.8. The zero-order chi connectivity index (χ0) is 25.2. The predicted octanol–water partition coefficient (Wildman–Crippen LogP) is 5.86. The Kier molecular flexibility index (Phi) is 6.21. The van der Waals surface area contributed by atoms with Crippen LogP contribution in [0, 0.1) is 11.2 Å². The van der Waals surface area contributed by atoms with E-state index >= 15 is 4.39 Å². The molecule has 2 N–H and O–H groups in total. The molecule has 2 aromatic carbocycles. The molecule has 2 fully saturated rings. The maximum Gasteiger partial charge on any atom is 0.325 e. The van der Waals surface area contributed by atoms with Crippen LogP contribution in [-0.4, -0.2) is 35.8 Å². The number of ether oxygens (including phenoxy) is 2. The molecular weight excluding hydrogens is 478 g/mol. The zero-order valence-corrected chi connectivity index (χ0v) is 21.8. The van der Waals surface area contributed by atoms with Crippen LogP contribution >= 0.6 is 23.2 Å². The number of hydrogen-bond donors (Lipinski definition) is 1. The summed E-state index contributed by atoms with van der Waals surface area (Å²) in [5.41, 5.74) is 5.86. The number of hydrogen-bond acceptors (Lipinski definition) is 5. The summed E-state index contributed by atoms with van der Waals surface area (Å²) in [4.78, 5) is 15.4. The molecule has 0 bridgehead atoms. The minimum absolute atomic E-state index is 0.183. The van der Waals surface area contributed by atoms with Crippen molar-refractivity contribution in [3.8, 4) is 5.75 Å². The highest BCUT2D eigenvalue weighted by molar-refractivity contribution is 6.31. The van der Waals surface area contributed by atoms with Gasteiger partial charge in [-0.3, -0.25) is 4.79 Å². The van der Waals surface area contributed by atoms with Crippen LogP contribution in [0.4, 0.5) is 4.39 Å². The lowest BCUT2D eigenvalue weighted by molar-refractivity contribution is -0.152. The Morgan fingerprint density at radius 3 is 2.35 bits per heavy atom. The molecule has 4 rings (SSSR count). The number of nitrogens with zero attached hydrogens (tertiary/aromatic N) is 1. The Labute approximate surface area is 210 Å². The molecule has 2 aromatic rings. The summed E-state index contributed by atoms with van der Waals surface area (Å²) < 4.78 is 27.1. The number of methoxy groups -OCH3 is 1. The fourth-order valence-electron chi connectivity index (χ4n) is 5.78. The molecule has 0 unspecified atom stereocenters. The molecule has 8 heteroatoms. The van der Waals surface area contributed by atoms with E-state index in [2.05, 4.69) is 20.8 Å². The highest BCUT2D eigenvalue weighted by Crippen LogP contribution is 2.59. The minimum Gasteiger partial charge on any atom is -0.496 e. The summed E-state index contributed by atoms with van der Waals surface area (Å²) in [7, 11) is 1.55. The number of nitrogens with two attached hydrogens (primary N) is 1. The van der Waals surface area contributed by atoms with E-state index in [1.54, 1.807) is 37.4 Å². The first-order valence-corrected chi connectivity index (χ1v) is 12.1. The zero-order valence-electron chi connectivity index (χ0n) is 20.3. The van der Waals surface area contributed by atoms with E-state index in [0.717, 1.165) is 0 Å². The highest BCUT2D eigenvalue weighted by Gasteiger charge is 2.69. The van der Waals surface area contributed by atoms with Gasteiger partial charge in [-0.15, -0.1) is 0 Å². The van der Waals surface area contributed by atoms with Crippen molar-refractivity contribution in [2.75, 3.05) is 7.11 Å². The molecule has 34 heavy (non-hydrogen) atoms. The standard InChI is InChI=1S/C26H31Cl2FN2O3/c1-24(2,3)13-20-26(30,17-9-7-15(28)12-18(17)29)21(16-11-14(27)8-10-19(16)33-6)22-23(32)34-25(4,5)31(20)22/h7-12,20-22H,13,30H2,1-6H3/t20-,21-,22+,26+/m0/s1. The lowest BCUT2D eigenvalue weighted by Crippen LogP contribution is -2.56. The molecule has 2 heterocycles. The number of carbonyl (C=O) groups is 1. The smallest absolute Gasteiger partial charge is 0.325 e. The molecule has 4 atom stereocenters. The monoisotopic (exact) mass is 508 g/mol. The van der Waals surface area contributed by atoms with E-state index in [9.17, 15) is 4.79 Å². The Morgan fingerprint density at radius 2 is 1.76 bits per heavy atom. The van der Waals surface area contributed by atoms with Crippen molar-refractivity contribution in [2.45, 2.75) is 70.3 Å². The summed E-state index contributed by atoms with van der Waals surface area (Å²) in [5.74, 6) is -1.10. The number of carbonyl (C=O) groups excluding carboxylic acids is 1. The summed E-state index contributed by atoms with van der Waals surface area (Å²) in [6.45, 7) is 9.98. The van der Waals surface area contributed by atoms with E-state index in [1.807, 2.05) is 18.7 Å². The largest absolute Gasteiger partial charge is 0.496 e. The molecule has 2 saturated heterocycles. The van der Waals surface area contributed by atoms with Crippen LogP contribution in [0.2, 0.25) is 10.0 Å². The average molecular weight is 509 g/mol. The van der Waals surface area contributed by atoms with Crippen LogP contribution < -0.4 is 10.5 Å². The minimum atomic E-state index is -1.32. The normalized spacial score (nSPS) is 28.6. The van der Waals surface area contributed by atoms with Gasteiger partial charge in [0.1, 0.15) is 17.6 Å². The van der Waals surface area contributed by atoms with Gasteiger partial charge in [0.05, 0.1) is 12.6 Å². The maximum absolute atomic E-state index is 15.6. The Morgan fingerprint density at radius 1 is 1.15 bits per heavy atom. The molecule has 0 saturated carbocycles. The van der Waals surface area contributed by atoms with Gasteiger partial charge in [-0.2, -0.15) is 0 Å². The second kappa shape index (κ2) is 8.37. The van der Waals surface area contributed by atoms with Gasteiger partial charge in [0.2, 0.25) is 0 Å². The summed E-state index contributed by atoms with van der Waals surface area (Å²) in [6, 6.07) is 8.51. The van der Waals surface area contributed by atoms with E-state index in [0.29, 0.717) is 22.8 Å². The number of cyclic esters (lactones) is 1. The lowest BCUT2D eigenvalue weighted by Gasteiger charge is -2.44.